The second-order valence-electron chi connectivity index (χ2n) is 2.89. The van der Waals surface area contributed by atoms with E-state index in [4.69, 9.17) is 10.2 Å². The number of hydrogen-bond acceptors (Lipinski definition) is 4. The fraction of sp³-hybridized carbons (Fsp3) is 0.500. The van der Waals surface area contributed by atoms with E-state index in [1.54, 1.807) is 6.92 Å². The molecule has 0 radical (unpaired) electrons. The Balaban J connectivity index is 2.84. The molecule has 1 aromatic rings. The van der Waals surface area contributed by atoms with Crippen molar-refractivity contribution in [1.82, 2.24) is 9.78 Å². The highest BCUT2D eigenvalue weighted by Gasteiger charge is 2.05. The zero-order chi connectivity index (χ0) is 9.84. The average molecular weight is 184 g/mol. The van der Waals surface area contributed by atoms with Crippen LogP contribution in [0.15, 0.2) is 17.1 Å². The third kappa shape index (κ3) is 2.64. The van der Waals surface area contributed by atoms with E-state index in [2.05, 4.69) is 5.10 Å². The second kappa shape index (κ2) is 4.15. The molecule has 1 unspecified atom stereocenters. The number of aryl methyl sites for hydroxylation is 1. The monoisotopic (exact) mass is 184 g/mol. The van der Waals surface area contributed by atoms with Crippen LogP contribution in [0.2, 0.25) is 0 Å². The lowest BCUT2D eigenvalue weighted by molar-refractivity contribution is 0.0769. The first-order valence-corrected chi connectivity index (χ1v) is 3.96. The van der Waals surface area contributed by atoms with Crippen LogP contribution in [0.25, 0.3) is 0 Å². The van der Waals surface area contributed by atoms with Crippen LogP contribution in [0.4, 0.5) is 0 Å². The lowest BCUT2D eigenvalue weighted by atomic mass is 10.3. The SMILES string of the molecule is Cc1cnn(CC(O)CO)c(=O)c1. The van der Waals surface area contributed by atoms with E-state index >= 15 is 0 Å². The van der Waals surface area contributed by atoms with E-state index in [1.807, 2.05) is 0 Å². The van der Waals surface area contributed by atoms with Gasteiger partial charge in [-0.05, 0) is 12.5 Å². The lowest BCUT2D eigenvalue weighted by Crippen LogP contribution is -2.30. The van der Waals surface area contributed by atoms with Crippen LogP contribution >= 0.6 is 0 Å². The van der Waals surface area contributed by atoms with Gasteiger partial charge in [0.15, 0.2) is 0 Å². The number of aliphatic hydroxyl groups excluding tert-OH is 2. The van der Waals surface area contributed by atoms with E-state index in [0.29, 0.717) is 0 Å². The molecule has 0 spiro atoms. The Kier molecular flexibility index (Phi) is 3.16. The van der Waals surface area contributed by atoms with Crippen molar-refractivity contribution >= 4 is 0 Å². The third-order valence-corrected chi connectivity index (χ3v) is 1.60. The first-order valence-electron chi connectivity index (χ1n) is 3.96. The molecule has 1 aromatic heterocycles. The molecule has 0 saturated heterocycles. The Labute approximate surface area is 75.3 Å². The van der Waals surface area contributed by atoms with Gasteiger partial charge < -0.3 is 10.2 Å². The molecular weight excluding hydrogens is 172 g/mol. The summed E-state index contributed by atoms with van der Waals surface area (Å²) < 4.78 is 1.12. The second-order valence-corrected chi connectivity index (χ2v) is 2.89. The number of rotatable bonds is 3. The summed E-state index contributed by atoms with van der Waals surface area (Å²) in [5.74, 6) is 0. The van der Waals surface area contributed by atoms with E-state index in [0.717, 1.165) is 10.2 Å². The fourth-order valence-electron chi connectivity index (χ4n) is 0.919. The molecule has 0 bridgehead atoms. The van der Waals surface area contributed by atoms with Crippen molar-refractivity contribution in [3.05, 3.63) is 28.2 Å². The minimum atomic E-state index is -0.937. The van der Waals surface area contributed by atoms with Gasteiger partial charge in [0.25, 0.3) is 5.56 Å². The lowest BCUT2D eigenvalue weighted by Gasteiger charge is -2.07. The summed E-state index contributed by atoms with van der Waals surface area (Å²) in [5, 5.41) is 21.4. The van der Waals surface area contributed by atoms with Crippen molar-refractivity contribution in [1.29, 1.82) is 0 Å². The van der Waals surface area contributed by atoms with E-state index < -0.39 is 6.10 Å². The van der Waals surface area contributed by atoms with Gasteiger partial charge in [0, 0.05) is 6.07 Å². The van der Waals surface area contributed by atoms with Crippen LogP contribution in [-0.2, 0) is 6.54 Å². The molecule has 13 heavy (non-hydrogen) atoms. The van der Waals surface area contributed by atoms with Crippen molar-refractivity contribution < 1.29 is 10.2 Å². The molecule has 1 atom stereocenters. The van der Waals surface area contributed by atoms with Crippen LogP contribution in [0, 0.1) is 6.92 Å². The van der Waals surface area contributed by atoms with Crippen molar-refractivity contribution in [3.8, 4) is 0 Å². The largest absolute Gasteiger partial charge is 0.394 e. The average Bonchev–Trinajstić information content (AvgIpc) is 2.09. The predicted octanol–water partition coefficient (Wildman–Crippen LogP) is -1.10. The van der Waals surface area contributed by atoms with Crippen LogP contribution in [-0.4, -0.2) is 32.7 Å². The summed E-state index contributed by atoms with van der Waals surface area (Å²) in [6, 6.07) is 1.43. The van der Waals surface area contributed by atoms with Crippen molar-refractivity contribution in [3.63, 3.8) is 0 Å². The van der Waals surface area contributed by atoms with Crippen LogP contribution < -0.4 is 5.56 Å². The number of hydrogen-bond donors (Lipinski definition) is 2. The Bertz CT molecular complexity index is 334. The predicted molar refractivity (Wildman–Crippen MR) is 46.3 cm³/mol. The number of nitrogens with zero attached hydrogens (tertiary/aromatic N) is 2. The van der Waals surface area contributed by atoms with E-state index in [1.165, 1.54) is 12.3 Å². The van der Waals surface area contributed by atoms with Gasteiger partial charge in [-0.1, -0.05) is 0 Å². The summed E-state index contributed by atoms with van der Waals surface area (Å²) in [4.78, 5) is 11.2. The van der Waals surface area contributed by atoms with Gasteiger partial charge >= 0.3 is 0 Å². The van der Waals surface area contributed by atoms with Gasteiger partial charge in [-0.25, -0.2) is 4.68 Å². The zero-order valence-corrected chi connectivity index (χ0v) is 7.34. The van der Waals surface area contributed by atoms with Crippen molar-refractivity contribution in [2.75, 3.05) is 6.61 Å². The molecule has 0 fully saturated rings. The number of aliphatic hydroxyl groups is 2. The summed E-state index contributed by atoms with van der Waals surface area (Å²) >= 11 is 0. The molecule has 1 rings (SSSR count). The van der Waals surface area contributed by atoms with Crippen LogP contribution in [0.5, 0.6) is 0 Å². The summed E-state index contributed by atoms with van der Waals surface area (Å²) in [5.41, 5.74) is 0.507. The Morgan fingerprint density at radius 1 is 1.69 bits per heavy atom. The van der Waals surface area contributed by atoms with Crippen LogP contribution in [0.1, 0.15) is 5.56 Å². The minimum absolute atomic E-state index is 0.0234. The Morgan fingerprint density at radius 3 is 2.92 bits per heavy atom. The summed E-state index contributed by atoms with van der Waals surface area (Å²) in [7, 11) is 0. The maximum absolute atomic E-state index is 11.2. The molecule has 0 amide bonds. The summed E-state index contributed by atoms with van der Waals surface area (Å²) in [6.07, 6.45) is 0.596. The minimum Gasteiger partial charge on any atom is -0.394 e. The van der Waals surface area contributed by atoms with Gasteiger partial charge in [-0.3, -0.25) is 4.79 Å². The van der Waals surface area contributed by atoms with Gasteiger partial charge in [-0.15, -0.1) is 0 Å². The van der Waals surface area contributed by atoms with Gasteiger partial charge in [-0.2, -0.15) is 5.10 Å². The summed E-state index contributed by atoms with van der Waals surface area (Å²) in [6.45, 7) is 1.42. The molecule has 1 heterocycles. The fourth-order valence-corrected chi connectivity index (χ4v) is 0.919. The van der Waals surface area contributed by atoms with Gasteiger partial charge in [0.2, 0.25) is 0 Å². The topological polar surface area (TPSA) is 75.3 Å². The smallest absolute Gasteiger partial charge is 0.267 e. The van der Waals surface area contributed by atoms with E-state index in [9.17, 15) is 4.79 Å². The standard InChI is InChI=1S/C8H12N2O3/c1-6-2-8(13)10(9-3-6)4-7(12)5-11/h2-3,7,11-12H,4-5H2,1H3. The quantitative estimate of drug-likeness (QED) is 0.625. The highest BCUT2D eigenvalue weighted by atomic mass is 16.3. The maximum atomic E-state index is 11.2. The molecule has 5 nitrogen and oxygen atoms in total. The first-order chi connectivity index (χ1) is 6.13. The van der Waals surface area contributed by atoms with E-state index in [-0.39, 0.29) is 18.7 Å². The Morgan fingerprint density at radius 2 is 2.38 bits per heavy atom. The third-order valence-electron chi connectivity index (χ3n) is 1.60. The number of aromatic nitrogens is 2. The molecular formula is C8H12N2O3. The molecule has 0 aliphatic carbocycles. The molecule has 0 aromatic carbocycles. The Hall–Kier alpha value is -1.20. The zero-order valence-electron chi connectivity index (χ0n) is 7.34. The molecule has 0 saturated carbocycles. The molecule has 72 valence electrons. The normalized spacial score (nSPS) is 12.8. The maximum Gasteiger partial charge on any atom is 0.267 e. The molecule has 5 heteroatoms. The van der Waals surface area contributed by atoms with Crippen molar-refractivity contribution in [2.45, 2.75) is 19.6 Å². The highest BCUT2D eigenvalue weighted by molar-refractivity contribution is 5.02. The van der Waals surface area contributed by atoms with Gasteiger partial charge in [0.05, 0.1) is 25.5 Å². The molecule has 0 aliphatic heterocycles. The van der Waals surface area contributed by atoms with Crippen molar-refractivity contribution in [2.24, 2.45) is 0 Å². The molecule has 0 aliphatic rings. The van der Waals surface area contributed by atoms with Crippen LogP contribution in [0.3, 0.4) is 0 Å². The first kappa shape index (κ1) is 9.88. The van der Waals surface area contributed by atoms with Gasteiger partial charge in [0.1, 0.15) is 0 Å². The highest BCUT2D eigenvalue weighted by Crippen LogP contribution is 1.89. The molecule has 2 N–H and O–H groups in total.